The van der Waals surface area contributed by atoms with Gasteiger partial charge in [0, 0.05) is 7.05 Å². The van der Waals surface area contributed by atoms with E-state index in [-0.39, 0.29) is 0 Å². The van der Waals surface area contributed by atoms with E-state index in [9.17, 15) is 96.6 Å². The normalized spacial score (nSPS) is 15.7. The molecule has 0 heterocycles. The van der Waals surface area contributed by atoms with E-state index < -0.39 is 86.1 Å². The van der Waals surface area contributed by atoms with Gasteiger partial charge in [0.1, 0.15) is 0 Å². The quantitative estimate of drug-likeness (QED) is 0.202. The molecule has 0 aromatic carbocycles. The molecule has 0 aliphatic heterocycles. The molecule has 0 spiro atoms. The highest BCUT2D eigenvalue weighted by Gasteiger charge is 2.89. The van der Waals surface area contributed by atoms with E-state index in [0.717, 1.165) is 0 Å². The van der Waals surface area contributed by atoms with Crippen molar-refractivity contribution in [1.29, 1.82) is 0 Å². The second-order valence-electron chi connectivity index (χ2n) is 6.34. The van der Waals surface area contributed by atoms with Crippen LogP contribution in [0.1, 0.15) is 0 Å². The number of carbonyl (C=O) groups is 1. The van der Waals surface area contributed by atoms with E-state index in [1.54, 1.807) is 0 Å². The molecule has 0 aliphatic carbocycles. The third kappa shape index (κ3) is 4.53. The van der Waals surface area contributed by atoms with Gasteiger partial charge in [-0.3, -0.25) is 0 Å². The van der Waals surface area contributed by atoms with Crippen molar-refractivity contribution in [1.82, 2.24) is 4.31 Å². The number of hydrogen-bond acceptors (Lipinski definition) is 3. The molecule has 1 N–H and O–H groups in total. The van der Waals surface area contributed by atoms with Crippen molar-refractivity contribution in [2.24, 2.45) is 0 Å². The summed E-state index contributed by atoms with van der Waals surface area (Å²) in [4.78, 5) is 10.3. The maximum atomic E-state index is 13.9. The van der Waals surface area contributed by atoms with Crippen LogP contribution in [0.25, 0.3) is 0 Å². The Bertz CT molecular complexity index is 1040. The molecule has 0 bridgehead atoms. The molecule has 0 aliphatic rings. The molecule has 0 unspecified atom stereocenters. The summed E-state index contributed by atoms with van der Waals surface area (Å²) in [5.74, 6) is -44.8. The predicted molar refractivity (Wildman–Crippen MR) is 74.2 cm³/mol. The number of alkyl halides is 17. The second-order valence-corrected chi connectivity index (χ2v) is 8.35. The number of aliphatic carboxylic acids is 1. The molecule has 0 saturated carbocycles. The molecule has 0 saturated heterocycles. The Morgan fingerprint density at radius 2 is 1.00 bits per heavy atom. The lowest BCUT2D eigenvalue weighted by atomic mass is 9.96. The standard InChI is InChI=1S/C12H4F19NO4S/c1-32(37(35,36)12(30,31)9(23,24)7(19,20)10(25,26)27)11(28,29)8(21,22)6(17,18)5(15,16)2(3(13)14)4(33)34/h1H3,(H,33,34). The van der Waals surface area contributed by atoms with Crippen LogP contribution in [0.2, 0.25) is 0 Å². The average Bonchev–Trinajstić information content (AvgIpc) is 2.64. The lowest BCUT2D eigenvalue weighted by Crippen LogP contribution is -2.71. The SMILES string of the molecule is CN(C(F)(F)C(F)(F)C(F)(F)C(F)(F)C(C(=O)O)=C(F)F)S(=O)(=O)C(F)(F)C(F)(F)C(F)(F)C(F)(F)F. The van der Waals surface area contributed by atoms with Gasteiger partial charge < -0.3 is 5.11 Å². The van der Waals surface area contributed by atoms with Crippen LogP contribution in [0, 0.1) is 0 Å². The summed E-state index contributed by atoms with van der Waals surface area (Å²) in [6.45, 7) is 0. The Hall–Kier alpha value is -2.21. The van der Waals surface area contributed by atoms with Crippen LogP contribution >= 0.6 is 0 Å². The van der Waals surface area contributed by atoms with E-state index in [2.05, 4.69) is 0 Å². The van der Waals surface area contributed by atoms with Gasteiger partial charge in [-0.25, -0.2) is 13.2 Å². The van der Waals surface area contributed by atoms with Crippen molar-refractivity contribution in [2.45, 2.75) is 47.1 Å². The van der Waals surface area contributed by atoms with Crippen LogP contribution in [0.4, 0.5) is 83.4 Å². The monoisotopic (exact) mass is 619 g/mol. The zero-order valence-electron chi connectivity index (χ0n) is 16.2. The first-order valence-corrected chi connectivity index (χ1v) is 9.10. The van der Waals surface area contributed by atoms with Crippen LogP contribution in [0.15, 0.2) is 11.7 Å². The van der Waals surface area contributed by atoms with E-state index in [1.165, 1.54) is 0 Å². The van der Waals surface area contributed by atoms with Crippen molar-refractivity contribution < 1.29 is 102 Å². The van der Waals surface area contributed by atoms with Crippen LogP contribution in [-0.2, 0) is 14.8 Å². The van der Waals surface area contributed by atoms with E-state index in [4.69, 9.17) is 5.11 Å². The summed E-state index contributed by atoms with van der Waals surface area (Å²) in [6.07, 6.45) is -12.3. The number of sulfonamides is 1. The van der Waals surface area contributed by atoms with Crippen LogP contribution < -0.4 is 0 Å². The Kier molecular flexibility index (Phi) is 8.39. The minimum Gasteiger partial charge on any atom is -0.478 e. The van der Waals surface area contributed by atoms with Gasteiger partial charge in [-0.15, -0.1) is 4.31 Å². The molecule has 0 aromatic heterocycles. The minimum atomic E-state index is -8.85. The minimum absolute atomic E-state index is 1.60. The number of carboxylic acids is 1. The molecule has 0 aromatic rings. The molecule has 0 radical (unpaired) electrons. The summed E-state index contributed by atoms with van der Waals surface area (Å²) in [7, 11) is -10.5. The van der Waals surface area contributed by atoms with Crippen molar-refractivity contribution in [3.05, 3.63) is 11.7 Å². The highest BCUT2D eigenvalue weighted by molar-refractivity contribution is 7.90. The van der Waals surface area contributed by atoms with Gasteiger partial charge in [-0.05, 0) is 0 Å². The molecule has 0 fully saturated rings. The predicted octanol–water partition coefficient (Wildman–Crippen LogP) is 5.41. The topological polar surface area (TPSA) is 74.7 Å². The molecular weight excluding hydrogens is 615 g/mol. The van der Waals surface area contributed by atoms with Gasteiger partial charge in [0.25, 0.3) is 16.1 Å². The van der Waals surface area contributed by atoms with Crippen LogP contribution in [-0.4, -0.2) is 77.9 Å². The van der Waals surface area contributed by atoms with Crippen LogP contribution in [0.3, 0.4) is 0 Å². The summed E-state index contributed by atoms with van der Waals surface area (Å²) >= 11 is 0. The van der Waals surface area contributed by atoms with Gasteiger partial charge in [0.05, 0.1) is 0 Å². The Labute approximate surface area is 189 Å². The van der Waals surface area contributed by atoms with Crippen molar-refractivity contribution >= 4 is 16.0 Å². The first-order chi connectivity index (χ1) is 15.7. The van der Waals surface area contributed by atoms with Crippen molar-refractivity contribution in [3.8, 4) is 0 Å². The van der Waals surface area contributed by atoms with Gasteiger partial charge in [-0.2, -0.15) is 83.4 Å². The summed E-state index contributed by atoms with van der Waals surface area (Å²) in [5, 5.41) is -0.209. The Morgan fingerprint density at radius 3 is 1.27 bits per heavy atom. The van der Waals surface area contributed by atoms with Gasteiger partial charge in [-0.1, -0.05) is 0 Å². The zero-order valence-corrected chi connectivity index (χ0v) is 17.0. The summed E-state index contributed by atoms with van der Waals surface area (Å²) in [5.41, 5.74) is -4.35. The molecule has 0 amide bonds. The third-order valence-corrected chi connectivity index (χ3v) is 5.93. The maximum Gasteiger partial charge on any atom is 0.460 e. The van der Waals surface area contributed by atoms with Crippen LogP contribution in [0.5, 0.6) is 0 Å². The second kappa shape index (κ2) is 8.93. The third-order valence-electron chi connectivity index (χ3n) is 4.08. The van der Waals surface area contributed by atoms with Gasteiger partial charge >= 0.3 is 53.1 Å². The largest absolute Gasteiger partial charge is 0.478 e. The molecule has 220 valence electrons. The first-order valence-electron chi connectivity index (χ1n) is 7.66. The van der Waals surface area contributed by atoms with E-state index >= 15 is 0 Å². The summed E-state index contributed by atoms with van der Waals surface area (Å²) in [6, 6.07) is -8.00. The number of nitrogens with zero attached hydrogens (tertiary/aromatic N) is 1. The van der Waals surface area contributed by atoms with Gasteiger partial charge in [0.2, 0.25) is 0 Å². The fourth-order valence-corrected chi connectivity index (χ4v) is 3.13. The first kappa shape index (κ1) is 34.8. The smallest absolute Gasteiger partial charge is 0.460 e. The lowest BCUT2D eigenvalue weighted by molar-refractivity contribution is -0.386. The van der Waals surface area contributed by atoms with E-state index in [1.807, 2.05) is 0 Å². The van der Waals surface area contributed by atoms with Gasteiger partial charge in [0.15, 0.2) is 5.57 Å². The maximum absolute atomic E-state index is 13.9. The highest BCUT2D eigenvalue weighted by Crippen LogP contribution is 2.59. The molecule has 25 heteroatoms. The average molecular weight is 619 g/mol. The molecule has 0 atom stereocenters. The Morgan fingerprint density at radius 1 is 0.649 bits per heavy atom. The lowest BCUT2D eigenvalue weighted by Gasteiger charge is -2.41. The fraction of sp³-hybridized carbons (Fsp3) is 0.750. The zero-order chi connectivity index (χ0) is 30.8. The van der Waals surface area contributed by atoms with Crippen molar-refractivity contribution in [3.63, 3.8) is 0 Å². The molecular formula is C12H4F19NO4S. The summed E-state index contributed by atoms with van der Waals surface area (Å²) < 4.78 is 269. The molecule has 37 heavy (non-hydrogen) atoms. The number of rotatable bonds is 10. The highest BCUT2D eigenvalue weighted by atomic mass is 32.2. The fourth-order valence-electron chi connectivity index (χ4n) is 1.92. The molecule has 0 rings (SSSR count). The van der Waals surface area contributed by atoms with Crippen molar-refractivity contribution in [2.75, 3.05) is 7.05 Å². The number of hydrogen-bond donors (Lipinski definition) is 1. The number of halogens is 19. The molecule has 5 nitrogen and oxygen atoms in total. The Balaban J connectivity index is 7.13. The number of carboxylic acid groups (broad SMARTS) is 1. The van der Waals surface area contributed by atoms with E-state index in [0.29, 0.717) is 0 Å².